The van der Waals surface area contributed by atoms with Gasteiger partial charge < -0.3 is 9.47 Å². The van der Waals surface area contributed by atoms with Crippen molar-refractivity contribution in [3.05, 3.63) is 65.7 Å². The molecule has 1 amide bonds. The fourth-order valence-electron chi connectivity index (χ4n) is 3.77. The molecule has 8 heteroatoms. The summed E-state index contributed by atoms with van der Waals surface area (Å²) in [5.41, 5.74) is 1.23. The van der Waals surface area contributed by atoms with Gasteiger partial charge in [0.15, 0.2) is 0 Å². The summed E-state index contributed by atoms with van der Waals surface area (Å²) in [7, 11) is 0. The normalized spacial score (nSPS) is 17.4. The summed E-state index contributed by atoms with van der Waals surface area (Å²) in [6.07, 6.45) is -3.24. The number of rotatable bonds is 3. The van der Waals surface area contributed by atoms with Gasteiger partial charge in [-0.15, -0.1) is 0 Å². The zero-order chi connectivity index (χ0) is 19.9. The van der Waals surface area contributed by atoms with Gasteiger partial charge in [0.2, 0.25) is 11.7 Å². The maximum Gasteiger partial charge on any atom is 0.449 e. The number of fused-ring (bicyclic) bond motifs is 1. The predicted octanol–water partition coefficient (Wildman–Crippen LogP) is 4.56. The smallest absolute Gasteiger partial charge is 0.334 e. The average Bonchev–Trinajstić information content (AvgIpc) is 3.27. The van der Waals surface area contributed by atoms with Gasteiger partial charge in [-0.2, -0.15) is 13.2 Å². The number of alkyl halides is 3. The van der Waals surface area contributed by atoms with Crippen LogP contribution < -0.4 is 0 Å². The largest absolute Gasteiger partial charge is 0.449 e. The van der Waals surface area contributed by atoms with Gasteiger partial charge in [0.25, 0.3) is 0 Å². The topological polar surface area (TPSA) is 38.1 Å². The first-order chi connectivity index (χ1) is 13.3. The molecule has 1 aliphatic heterocycles. The molecule has 0 N–H and O–H groups in total. The molecule has 146 valence electrons. The highest BCUT2D eigenvalue weighted by molar-refractivity contribution is 5.81. The van der Waals surface area contributed by atoms with Crippen LogP contribution in [-0.4, -0.2) is 26.9 Å². The third-order valence-electron chi connectivity index (χ3n) is 5.03. The van der Waals surface area contributed by atoms with Gasteiger partial charge >= 0.3 is 6.18 Å². The Morgan fingerprint density at radius 3 is 2.54 bits per heavy atom. The van der Waals surface area contributed by atoms with E-state index < -0.39 is 24.5 Å². The number of amides is 1. The molecule has 1 aromatic heterocycles. The summed E-state index contributed by atoms with van der Waals surface area (Å²) in [6.45, 7) is 0.00189. The van der Waals surface area contributed by atoms with Crippen molar-refractivity contribution in [3.8, 4) is 0 Å². The molecule has 0 spiro atoms. The molecule has 1 unspecified atom stereocenters. The minimum absolute atomic E-state index is 0.194. The van der Waals surface area contributed by atoms with Crippen LogP contribution in [-0.2, 0) is 17.5 Å². The third-order valence-corrected chi connectivity index (χ3v) is 5.03. The van der Waals surface area contributed by atoms with Gasteiger partial charge in [0.1, 0.15) is 12.4 Å². The number of nitrogens with zero attached hydrogens (tertiary/aromatic N) is 3. The number of para-hydroxylation sites is 2. The van der Waals surface area contributed by atoms with Crippen LogP contribution in [0.2, 0.25) is 0 Å². The van der Waals surface area contributed by atoms with Crippen molar-refractivity contribution in [2.45, 2.75) is 31.6 Å². The Bertz CT molecular complexity index is 1010. The first-order valence-electron chi connectivity index (χ1n) is 8.92. The van der Waals surface area contributed by atoms with E-state index in [4.69, 9.17) is 0 Å². The van der Waals surface area contributed by atoms with Crippen LogP contribution in [0, 0.1) is 5.82 Å². The number of carbonyl (C=O) groups is 1. The van der Waals surface area contributed by atoms with Crippen molar-refractivity contribution in [1.29, 1.82) is 0 Å². The Hall–Kier alpha value is -2.90. The number of hydrogen-bond acceptors (Lipinski definition) is 2. The second-order valence-corrected chi connectivity index (χ2v) is 6.80. The van der Waals surface area contributed by atoms with Gasteiger partial charge in [0, 0.05) is 6.54 Å². The molecule has 3 aromatic rings. The zero-order valence-corrected chi connectivity index (χ0v) is 14.8. The van der Waals surface area contributed by atoms with Crippen LogP contribution >= 0.6 is 0 Å². The lowest BCUT2D eigenvalue weighted by molar-refractivity contribution is -0.148. The van der Waals surface area contributed by atoms with Crippen LogP contribution in [0.5, 0.6) is 0 Å². The second-order valence-electron chi connectivity index (χ2n) is 6.80. The van der Waals surface area contributed by atoms with E-state index in [0.717, 1.165) is 16.6 Å². The van der Waals surface area contributed by atoms with E-state index in [1.165, 1.54) is 24.3 Å². The number of hydrogen-bond donors (Lipinski definition) is 0. The van der Waals surface area contributed by atoms with Crippen molar-refractivity contribution >= 4 is 16.9 Å². The van der Waals surface area contributed by atoms with Gasteiger partial charge in [-0.25, -0.2) is 9.37 Å². The summed E-state index contributed by atoms with van der Waals surface area (Å²) in [5.74, 6) is -1.88. The molecule has 0 bridgehead atoms. The number of benzene rings is 2. The monoisotopic (exact) mass is 391 g/mol. The van der Waals surface area contributed by atoms with Crippen LogP contribution in [0.15, 0.2) is 48.5 Å². The Kier molecular flexibility index (Phi) is 4.56. The first kappa shape index (κ1) is 18.5. The SMILES string of the molecule is O=C(Cn1c(C(F)(F)F)nc2ccccc21)N1CCCC1c1ccc(F)cc1. The second kappa shape index (κ2) is 6.92. The molecule has 28 heavy (non-hydrogen) atoms. The summed E-state index contributed by atoms with van der Waals surface area (Å²) >= 11 is 0. The summed E-state index contributed by atoms with van der Waals surface area (Å²) in [5, 5.41) is 0. The first-order valence-corrected chi connectivity index (χ1v) is 8.92. The van der Waals surface area contributed by atoms with Crippen molar-refractivity contribution in [2.24, 2.45) is 0 Å². The summed E-state index contributed by atoms with van der Waals surface area (Å²) < 4.78 is 54.5. The fourth-order valence-corrected chi connectivity index (χ4v) is 3.77. The minimum Gasteiger partial charge on any atom is -0.334 e. The Morgan fingerprint density at radius 2 is 1.82 bits per heavy atom. The van der Waals surface area contributed by atoms with E-state index >= 15 is 0 Å². The van der Waals surface area contributed by atoms with Gasteiger partial charge in [-0.3, -0.25) is 4.79 Å². The molecule has 1 fully saturated rings. The highest BCUT2D eigenvalue weighted by Gasteiger charge is 2.39. The van der Waals surface area contributed by atoms with Crippen LogP contribution in [0.25, 0.3) is 11.0 Å². The number of imidazole rings is 1. The molecule has 2 heterocycles. The average molecular weight is 391 g/mol. The van der Waals surface area contributed by atoms with E-state index in [0.29, 0.717) is 13.0 Å². The molecular formula is C20H17F4N3O. The molecule has 4 nitrogen and oxygen atoms in total. The van der Waals surface area contributed by atoms with Crippen molar-refractivity contribution in [3.63, 3.8) is 0 Å². The molecule has 1 atom stereocenters. The minimum atomic E-state index is -4.67. The fraction of sp³-hybridized carbons (Fsp3) is 0.300. The highest BCUT2D eigenvalue weighted by atomic mass is 19.4. The quantitative estimate of drug-likeness (QED) is 0.614. The molecular weight excluding hydrogens is 374 g/mol. The Morgan fingerprint density at radius 1 is 1.11 bits per heavy atom. The lowest BCUT2D eigenvalue weighted by Gasteiger charge is -2.26. The maximum atomic E-state index is 13.4. The molecule has 1 aliphatic rings. The lowest BCUT2D eigenvalue weighted by atomic mass is 10.0. The molecule has 2 aromatic carbocycles. The number of aromatic nitrogens is 2. The molecule has 4 rings (SSSR count). The summed E-state index contributed by atoms with van der Waals surface area (Å²) in [6, 6.07) is 11.8. The Labute approximate surface area is 158 Å². The molecule has 0 saturated carbocycles. The predicted molar refractivity (Wildman–Crippen MR) is 94.8 cm³/mol. The van der Waals surface area contributed by atoms with E-state index in [2.05, 4.69) is 4.98 Å². The van der Waals surface area contributed by atoms with Crippen molar-refractivity contribution in [2.75, 3.05) is 6.54 Å². The van der Waals surface area contributed by atoms with Crippen LogP contribution in [0.1, 0.15) is 30.3 Å². The van der Waals surface area contributed by atoms with E-state index in [9.17, 15) is 22.4 Å². The van der Waals surface area contributed by atoms with Gasteiger partial charge in [-0.1, -0.05) is 24.3 Å². The molecule has 1 saturated heterocycles. The Balaban J connectivity index is 1.65. The zero-order valence-electron chi connectivity index (χ0n) is 14.8. The van der Waals surface area contributed by atoms with E-state index in [1.54, 1.807) is 29.2 Å². The maximum absolute atomic E-state index is 13.4. The molecule has 0 radical (unpaired) electrons. The van der Waals surface area contributed by atoms with Crippen molar-refractivity contribution in [1.82, 2.24) is 14.5 Å². The van der Waals surface area contributed by atoms with Crippen molar-refractivity contribution < 1.29 is 22.4 Å². The van der Waals surface area contributed by atoms with Gasteiger partial charge in [-0.05, 0) is 42.7 Å². The number of halogens is 4. The van der Waals surface area contributed by atoms with Crippen LogP contribution in [0.3, 0.4) is 0 Å². The van der Waals surface area contributed by atoms with E-state index in [1.807, 2.05) is 0 Å². The molecule has 0 aliphatic carbocycles. The number of carbonyl (C=O) groups excluding carboxylic acids is 1. The van der Waals surface area contributed by atoms with Crippen LogP contribution in [0.4, 0.5) is 17.6 Å². The summed E-state index contributed by atoms with van der Waals surface area (Å²) in [4.78, 5) is 18.2. The standard InChI is InChI=1S/C20H17F4N3O/c21-14-9-7-13(8-10-14)16-6-3-11-26(16)18(28)12-27-17-5-2-1-4-15(17)25-19(27)20(22,23)24/h1-2,4-5,7-10,16H,3,6,11-12H2. The van der Waals surface area contributed by atoms with E-state index in [-0.39, 0.29) is 22.9 Å². The third kappa shape index (κ3) is 3.34. The lowest BCUT2D eigenvalue weighted by Crippen LogP contribution is -2.34. The van der Waals surface area contributed by atoms with Gasteiger partial charge in [0.05, 0.1) is 17.1 Å². The highest BCUT2D eigenvalue weighted by Crippen LogP contribution is 2.34. The number of likely N-dealkylation sites (tertiary alicyclic amines) is 1.